The number of phenols is 1. The van der Waals surface area contributed by atoms with Gasteiger partial charge in [-0.05, 0) is 61.2 Å². The van der Waals surface area contributed by atoms with Gasteiger partial charge in [0.15, 0.2) is 9.75 Å². The lowest BCUT2D eigenvalue weighted by atomic mass is 9.56. The van der Waals surface area contributed by atoms with Crippen LogP contribution >= 0.6 is 23.2 Å². The van der Waals surface area contributed by atoms with Gasteiger partial charge in [0.25, 0.3) is 11.8 Å². The molecule has 8 nitrogen and oxygen atoms in total. The molecule has 2 aromatic carbocycles. The maximum atomic E-state index is 14.2. The van der Waals surface area contributed by atoms with E-state index in [9.17, 15) is 28.7 Å². The van der Waals surface area contributed by atoms with Gasteiger partial charge in [-0.25, -0.2) is 9.29 Å². The highest BCUT2D eigenvalue weighted by molar-refractivity contribution is 6.58. The van der Waals surface area contributed by atoms with E-state index in [2.05, 4.69) is 5.32 Å². The summed E-state index contributed by atoms with van der Waals surface area (Å²) in [5.41, 5.74) is 0.798. The summed E-state index contributed by atoms with van der Waals surface area (Å²) in [5.74, 6) is -6.34. The quantitative estimate of drug-likeness (QED) is 0.339. The first-order valence-corrected chi connectivity index (χ1v) is 12.7. The number of rotatable bonds is 3. The number of benzene rings is 2. The third-order valence-corrected chi connectivity index (χ3v) is 9.70. The molecule has 2 aromatic rings. The summed E-state index contributed by atoms with van der Waals surface area (Å²) in [4.78, 5) is 50.2. The number of imide groups is 2. The molecule has 0 unspecified atom stereocenters. The monoisotopic (exact) mass is 558 g/mol. The molecule has 11 heteroatoms. The second kappa shape index (κ2) is 8.28. The Bertz CT molecular complexity index is 1460. The number of carbonyl (C=O) groups is 4. The van der Waals surface area contributed by atoms with Gasteiger partial charge >= 0.3 is 0 Å². The summed E-state index contributed by atoms with van der Waals surface area (Å²) < 4.78 is 19.0. The molecular formula is C27H21Cl2FN2O6. The highest BCUT2D eigenvalue weighted by atomic mass is 35.5. The molecule has 2 saturated heterocycles. The van der Waals surface area contributed by atoms with Gasteiger partial charge in [-0.2, -0.15) is 0 Å². The Morgan fingerprint density at radius 1 is 1.03 bits per heavy atom. The van der Waals surface area contributed by atoms with Crippen LogP contribution in [0.15, 0.2) is 54.1 Å². The number of phenolic OH excluding ortho intramolecular Hbond substituents is 1. The molecule has 2 aliphatic heterocycles. The number of anilines is 1. The molecule has 3 fully saturated rings. The number of methoxy groups -OCH3 is 1. The molecule has 2 aliphatic carbocycles. The molecule has 0 radical (unpaired) electrons. The first kappa shape index (κ1) is 24.9. The number of nitrogens with zero attached hydrogens (tertiary/aromatic N) is 1. The van der Waals surface area contributed by atoms with Crippen LogP contribution in [0.25, 0.3) is 0 Å². The summed E-state index contributed by atoms with van der Waals surface area (Å²) in [6, 6.07) is 9.16. The van der Waals surface area contributed by atoms with Crippen molar-refractivity contribution in [1.29, 1.82) is 0 Å². The smallest absolute Gasteiger partial charge is 0.258 e. The molecular weight excluding hydrogens is 538 g/mol. The number of halogens is 3. The Morgan fingerprint density at radius 3 is 2.42 bits per heavy atom. The summed E-state index contributed by atoms with van der Waals surface area (Å²) in [7, 11) is 1.43. The number of alkyl halides is 2. The SMILES string of the molecule is COc1ccc(O)c([C@H]2C3=CC[C@@H]4C(=O)NC(=O)[C@@H]4[C@@H]3C[C@@]3(Cl)C(=O)N(c4ccc(F)cc4)C(=O)[C@@]23Cl)c1. The molecule has 0 aromatic heterocycles. The van der Waals surface area contributed by atoms with Gasteiger partial charge in [0.05, 0.1) is 24.6 Å². The third kappa shape index (κ3) is 3.09. The van der Waals surface area contributed by atoms with Crippen molar-refractivity contribution in [1.82, 2.24) is 5.32 Å². The number of aromatic hydroxyl groups is 1. The van der Waals surface area contributed by atoms with Crippen LogP contribution in [0.1, 0.15) is 24.3 Å². The highest BCUT2D eigenvalue weighted by Gasteiger charge is 2.76. The van der Waals surface area contributed by atoms with Crippen LogP contribution in [0.2, 0.25) is 0 Å². The Morgan fingerprint density at radius 2 is 1.74 bits per heavy atom. The van der Waals surface area contributed by atoms with Crippen LogP contribution in [-0.2, 0) is 19.2 Å². The second-order valence-corrected chi connectivity index (χ2v) is 11.3. The van der Waals surface area contributed by atoms with Crippen LogP contribution in [-0.4, -0.2) is 45.6 Å². The lowest BCUT2D eigenvalue weighted by Gasteiger charge is -2.50. The molecule has 4 amide bonds. The highest BCUT2D eigenvalue weighted by Crippen LogP contribution is 2.66. The summed E-state index contributed by atoms with van der Waals surface area (Å²) >= 11 is 14.4. The minimum Gasteiger partial charge on any atom is -0.508 e. The Hall–Kier alpha value is -3.43. The molecule has 38 heavy (non-hydrogen) atoms. The predicted octanol–water partition coefficient (Wildman–Crippen LogP) is 3.39. The fourth-order valence-corrected chi connectivity index (χ4v) is 7.47. The van der Waals surface area contributed by atoms with Gasteiger partial charge in [-0.3, -0.25) is 24.5 Å². The van der Waals surface area contributed by atoms with Crippen molar-refractivity contribution < 1.29 is 33.4 Å². The van der Waals surface area contributed by atoms with Gasteiger partial charge in [0.2, 0.25) is 11.8 Å². The number of allylic oxidation sites excluding steroid dienone is 2. The van der Waals surface area contributed by atoms with Crippen LogP contribution in [0.3, 0.4) is 0 Å². The molecule has 4 aliphatic rings. The van der Waals surface area contributed by atoms with E-state index in [0.717, 1.165) is 17.0 Å². The van der Waals surface area contributed by atoms with Crippen molar-refractivity contribution in [2.75, 3.05) is 12.0 Å². The third-order valence-electron chi connectivity index (χ3n) is 8.28. The minimum absolute atomic E-state index is 0.0769. The Balaban J connectivity index is 1.60. The maximum Gasteiger partial charge on any atom is 0.258 e. The summed E-state index contributed by atoms with van der Waals surface area (Å²) in [6.07, 6.45) is 1.77. The minimum atomic E-state index is -2.13. The number of fused-ring (bicyclic) bond motifs is 4. The predicted molar refractivity (Wildman–Crippen MR) is 134 cm³/mol. The fourth-order valence-electron chi connectivity index (χ4n) is 6.55. The van der Waals surface area contributed by atoms with Crippen molar-refractivity contribution in [3.8, 4) is 11.5 Å². The summed E-state index contributed by atoms with van der Waals surface area (Å²) in [6.45, 7) is 0. The number of nitrogens with one attached hydrogen (secondary N) is 1. The largest absolute Gasteiger partial charge is 0.508 e. The second-order valence-electron chi connectivity index (χ2n) is 10.0. The molecule has 1 saturated carbocycles. The van der Waals surface area contributed by atoms with Crippen LogP contribution in [0.4, 0.5) is 10.1 Å². The molecule has 0 bridgehead atoms. The van der Waals surface area contributed by atoms with E-state index in [4.69, 9.17) is 27.9 Å². The van der Waals surface area contributed by atoms with Gasteiger partial charge in [-0.1, -0.05) is 11.6 Å². The first-order chi connectivity index (χ1) is 18.0. The number of hydrogen-bond donors (Lipinski definition) is 2. The van der Waals surface area contributed by atoms with E-state index in [1.54, 1.807) is 6.08 Å². The Kier molecular flexibility index (Phi) is 5.42. The average Bonchev–Trinajstić information content (AvgIpc) is 3.26. The summed E-state index contributed by atoms with van der Waals surface area (Å²) in [5, 5.41) is 13.3. The van der Waals surface area contributed by atoms with E-state index >= 15 is 0 Å². The van der Waals surface area contributed by atoms with Crippen LogP contribution in [0.5, 0.6) is 11.5 Å². The molecule has 196 valence electrons. The van der Waals surface area contributed by atoms with Gasteiger partial charge < -0.3 is 9.84 Å². The van der Waals surface area contributed by atoms with Crippen molar-refractivity contribution in [3.63, 3.8) is 0 Å². The van der Waals surface area contributed by atoms with E-state index < -0.39 is 62.9 Å². The zero-order valence-electron chi connectivity index (χ0n) is 19.9. The van der Waals surface area contributed by atoms with Gasteiger partial charge in [0, 0.05) is 11.5 Å². The van der Waals surface area contributed by atoms with Crippen molar-refractivity contribution in [2.45, 2.75) is 28.5 Å². The molecule has 6 rings (SSSR count). The number of amides is 4. The van der Waals surface area contributed by atoms with Crippen molar-refractivity contribution in [3.05, 3.63) is 65.5 Å². The first-order valence-electron chi connectivity index (χ1n) is 12.0. The lowest BCUT2D eigenvalue weighted by Crippen LogP contribution is -2.60. The van der Waals surface area contributed by atoms with Gasteiger partial charge in [-0.15, -0.1) is 23.2 Å². The van der Waals surface area contributed by atoms with E-state index in [0.29, 0.717) is 11.3 Å². The van der Waals surface area contributed by atoms with Crippen molar-refractivity contribution in [2.24, 2.45) is 17.8 Å². The topological polar surface area (TPSA) is 113 Å². The van der Waals surface area contributed by atoms with Crippen molar-refractivity contribution >= 4 is 52.5 Å². The molecule has 0 spiro atoms. The number of carbonyl (C=O) groups excluding carboxylic acids is 4. The van der Waals surface area contributed by atoms with Gasteiger partial charge in [0.1, 0.15) is 17.3 Å². The fraction of sp³-hybridized carbons (Fsp3) is 0.333. The lowest BCUT2D eigenvalue weighted by molar-refractivity contribution is -0.127. The van der Waals surface area contributed by atoms with Crippen LogP contribution < -0.4 is 15.0 Å². The average molecular weight is 559 g/mol. The zero-order chi connectivity index (χ0) is 27.1. The van der Waals surface area contributed by atoms with E-state index in [1.807, 2.05) is 0 Å². The van der Waals surface area contributed by atoms with Crippen LogP contribution in [0, 0.1) is 23.6 Å². The normalized spacial score (nSPS) is 33.9. The molecule has 2 heterocycles. The zero-order valence-corrected chi connectivity index (χ0v) is 21.4. The number of hydrogen-bond acceptors (Lipinski definition) is 6. The van der Waals surface area contributed by atoms with E-state index in [1.165, 1.54) is 37.4 Å². The maximum absolute atomic E-state index is 14.2. The molecule has 6 atom stereocenters. The number of ether oxygens (including phenoxy) is 1. The van der Waals surface area contributed by atoms with E-state index in [-0.39, 0.29) is 29.8 Å². The Labute approximate surface area is 226 Å². The molecule has 2 N–H and O–H groups in total. The standard InChI is InChI=1S/C27H21Cl2FN2O6/c1-38-14-6-9-19(33)17(10-14)21-15-7-8-16-20(23(35)31-22(16)34)18(15)11-26(28)24(36)32(25(37)27(21,26)29)13-4-2-12(30)3-5-13/h2-7,9-10,16,18,20-21,33H,8,11H2,1H3,(H,31,34,35)/t16-,18+,20-,21+,26+,27-/m0/s1.